The second-order valence-electron chi connectivity index (χ2n) is 6.39. The summed E-state index contributed by atoms with van der Waals surface area (Å²) < 4.78 is 0. The Morgan fingerprint density at radius 3 is 2.32 bits per heavy atom. The molecule has 4 unspecified atom stereocenters. The number of amides is 1. The number of halogens is 1. The first-order valence-electron chi connectivity index (χ1n) is 7.43. The number of hydrogen-bond acceptors (Lipinski definition) is 3. The first-order valence-corrected chi connectivity index (χ1v) is 7.43. The molecule has 0 aromatic rings. The fourth-order valence-corrected chi connectivity index (χ4v) is 4.22. The number of piperazine rings is 1. The van der Waals surface area contributed by atoms with Crippen molar-refractivity contribution in [3.8, 4) is 0 Å². The van der Waals surface area contributed by atoms with Crippen molar-refractivity contribution in [2.45, 2.75) is 44.7 Å². The first-order chi connectivity index (χ1) is 8.65. The zero-order chi connectivity index (χ0) is 12.7. The molecule has 1 aliphatic heterocycles. The van der Waals surface area contributed by atoms with Gasteiger partial charge in [-0.05, 0) is 38.0 Å². The van der Waals surface area contributed by atoms with Gasteiger partial charge in [0, 0.05) is 32.2 Å². The van der Waals surface area contributed by atoms with Gasteiger partial charge in [-0.1, -0.05) is 6.42 Å². The van der Waals surface area contributed by atoms with Gasteiger partial charge in [-0.2, -0.15) is 0 Å². The number of hydrogen-bond donors (Lipinski definition) is 1. The van der Waals surface area contributed by atoms with Crippen LogP contribution in [0.4, 0.5) is 0 Å². The van der Waals surface area contributed by atoms with Crippen molar-refractivity contribution in [3.05, 3.63) is 0 Å². The van der Waals surface area contributed by atoms with Crippen LogP contribution in [0.25, 0.3) is 0 Å². The van der Waals surface area contributed by atoms with Crippen molar-refractivity contribution in [1.29, 1.82) is 0 Å². The lowest BCUT2D eigenvalue weighted by molar-refractivity contribution is -0.134. The van der Waals surface area contributed by atoms with Gasteiger partial charge >= 0.3 is 0 Å². The van der Waals surface area contributed by atoms with Crippen LogP contribution < -0.4 is 5.73 Å². The Balaban J connectivity index is 0.00000133. The van der Waals surface area contributed by atoms with Gasteiger partial charge in [0.1, 0.15) is 0 Å². The minimum Gasteiger partial charge on any atom is -0.339 e. The third-order valence-electron chi connectivity index (χ3n) is 5.19. The largest absolute Gasteiger partial charge is 0.339 e. The van der Waals surface area contributed by atoms with E-state index in [0.717, 1.165) is 44.1 Å². The monoisotopic (exact) mass is 287 g/mol. The highest BCUT2D eigenvalue weighted by atomic mass is 35.5. The molecule has 0 radical (unpaired) electrons. The van der Waals surface area contributed by atoms with E-state index in [2.05, 4.69) is 4.90 Å². The molecule has 0 aromatic carbocycles. The molecule has 1 amide bonds. The van der Waals surface area contributed by atoms with E-state index >= 15 is 0 Å². The summed E-state index contributed by atoms with van der Waals surface area (Å²) in [6.45, 7) is 5.62. The van der Waals surface area contributed by atoms with Crippen molar-refractivity contribution in [2.24, 2.45) is 17.6 Å². The van der Waals surface area contributed by atoms with Gasteiger partial charge in [0.15, 0.2) is 0 Å². The Morgan fingerprint density at radius 2 is 1.84 bits per heavy atom. The van der Waals surface area contributed by atoms with Crippen LogP contribution in [0.3, 0.4) is 0 Å². The molecule has 110 valence electrons. The van der Waals surface area contributed by atoms with Crippen LogP contribution in [0.5, 0.6) is 0 Å². The molecule has 2 aliphatic carbocycles. The SMILES string of the molecule is CC(N)C(=O)N1CCN(C2CC3CCC2C3)CC1.Cl. The standard InChI is InChI=1S/C14H25N3O.ClH/c1-10(15)14(18)17-6-4-16(5-7-17)13-9-11-2-3-12(13)8-11;/h10-13H,2-9,15H2,1H3;1H. The molecular formula is C14H26ClN3O. The van der Waals surface area contributed by atoms with Crippen molar-refractivity contribution in [3.63, 3.8) is 0 Å². The second kappa shape index (κ2) is 5.98. The fourth-order valence-electron chi connectivity index (χ4n) is 4.22. The average Bonchev–Trinajstić information content (AvgIpc) is 3.00. The summed E-state index contributed by atoms with van der Waals surface area (Å²) in [4.78, 5) is 16.4. The molecule has 2 N–H and O–H groups in total. The summed E-state index contributed by atoms with van der Waals surface area (Å²) in [7, 11) is 0. The molecule has 3 fully saturated rings. The molecule has 2 bridgehead atoms. The first kappa shape index (κ1) is 15.1. The predicted molar refractivity (Wildman–Crippen MR) is 78.3 cm³/mol. The Labute approximate surface area is 122 Å². The number of nitrogens with zero attached hydrogens (tertiary/aromatic N) is 2. The molecule has 5 heteroatoms. The summed E-state index contributed by atoms with van der Waals surface area (Å²) in [5.74, 6) is 2.07. The van der Waals surface area contributed by atoms with Gasteiger partial charge in [-0.3, -0.25) is 9.69 Å². The van der Waals surface area contributed by atoms with Crippen LogP contribution in [0.2, 0.25) is 0 Å². The van der Waals surface area contributed by atoms with Gasteiger partial charge in [0.05, 0.1) is 6.04 Å². The van der Waals surface area contributed by atoms with E-state index in [1.54, 1.807) is 6.92 Å². The zero-order valence-electron chi connectivity index (χ0n) is 11.8. The number of nitrogens with two attached hydrogens (primary N) is 1. The van der Waals surface area contributed by atoms with E-state index < -0.39 is 0 Å². The molecule has 3 aliphatic rings. The summed E-state index contributed by atoms with van der Waals surface area (Å²) in [5, 5.41) is 0. The highest BCUT2D eigenvalue weighted by molar-refractivity contribution is 5.85. The van der Waals surface area contributed by atoms with Crippen LogP contribution in [0.15, 0.2) is 0 Å². The summed E-state index contributed by atoms with van der Waals surface area (Å²) in [6, 6.07) is 0.468. The van der Waals surface area contributed by atoms with Gasteiger partial charge in [0.25, 0.3) is 0 Å². The van der Waals surface area contributed by atoms with E-state index in [1.807, 2.05) is 4.90 Å². The molecule has 0 spiro atoms. The maximum atomic E-state index is 11.8. The third-order valence-corrected chi connectivity index (χ3v) is 5.19. The topological polar surface area (TPSA) is 49.6 Å². The van der Waals surface area contributed by atoms with Crippen LogP contribution in [0, 0.1) is 11.8 Å². The van der Waals surface area contributed by atoms with Gasteiger partial charge < -0.3 is 10.6 Å². The van der Waals surface area contributed by atoms with E-state index in [4.69, 9.17) is 5.73 Å². The lowest BCUT2D eigenvalue weighted by atomic mass is 9.93. The highest BCUT2D eigenvalue weighted by Crippen LogP contribution is 2.46. The van der Waals surface area contributed by atoms with Crippen molar-refractivity contribution in [1.82, 2.24) is 9.80 Å². The molecule has 0 aromatic heterocycles. The second-order valence-corrected chi connectivity index (χ2v) is 6.39. The molecule has 4 atom stereocenters. The Hall–Kier alpha value is -0.320. The molecule has 19 heavy (non-hydrogen) atoms. The number of fused-ring (bicyclic) bond motifs is 2. The average molecular weight is 288 g/mol. The molecule has 3 rings (SSSR count). The fraction of sp³-hybridized carbons (Fsp3) is 0.929. The summed E-state index contributed by atoms with van der Waals surface area (Å²) in [6.07, 6.45) is 5.77. The van der Waals surface area contributed by atoms with Gasteiger partial charge in [-0.15, -0.1) is 12.4 Å². The summed E-state index contributed by atoms with van der Waals surface area (Å²) >= 11 is 0. The quantitative estimate of drug-likeness (QED) is 0.827. The van der Waals surface area contributed by atoms with Crippen molar-refractivity contribution >= 4 is 18.3 Å². The van der Waals surface area contributed by atoms with Crippen LogP contribution >= 0.6 is 12.4 Å². The Kier molecular flexibility index (Phi) is 4.75. The zero-order valence-corrected chi connectivity index (χ0v) is 12.6. The van der Waals surface area contributed by atoms with E-state index in [1.165, 1.54) is 25.7 Å². The normalized spacial score (nSPS) is 36.1. The molecule has 4 nitrogen and oxygen atoms in total. The van der Waals surface area contributed by atoms with E-state index in [-0.39, 0.29) is 24.4 Å². The van der Waals surface area contributed by atoms with Crippen molar-refractivity contribution < 1.29 is 4.79 Å². The maximum absolute atomic E-state index is 11.8. The maximum Gasteiger partial charge on any atom is 0.239 e. The Morgan fingerprint density at radius 1 is 1.16 bits per heavy atom. The van der Waals surface area contributed by atoms with Gasteiger partial charge in [0.2, 0.25) is 5.91 Å². The third kappa shape index (κ3) is 2.91. The summed E-state index contributed by atoms with van der Waals surface area (Å²) in [5.41, 5.74) is 5.67. The molecule has 1 heterocycles. The highest BCUT2D eigenvalue weighted by Gasteiger charge is 2.42. The lowest BCUT2D eigenvalue weighted by Crippen LogP contribution is -2.55. The van der Waals surface area contributed by atoms with Crippen molar-refractivity contribution in [2.75, 3.05) is 26.2 Å². The Bertz CT molecular complexity index is 329. The minimum atomic E-state index is -0.348. The van der Waals surface area contributed by atoms with Gasteiger partial charge in [-0.25, -0.2) is 0 Å². The van der Waals surface area contributed by atoms with E-state index in [9.17, 15) is 4.79 Å². The minimum absolute atomic E-state index is 0. The molecular weight excluding hydrogens is 262 g/mol. The number of carbonyl (C=O) groups excluding carboxylic acids is 1. The molecule has 2 saturated carbocycles. The number of carbonyl (C=O) groups is 1. The molecule has 1 saturated heterocycles. The van der Waals surface area contributed by atoms with Crippen LogP contribution in [-0.2, 0) is 4.79 Å². The lowest BCUT2D eigenvalue weighted by Gasteiger charge is -2.41. The number of rotatable bonds is 2. The smallest absolute Gasteiger partial charge is 0.239 e. The van der Waals surface area contributed by atoms with E-state index in [0.29, 0.717) is 0 Å². The predicted octanol–water partition coefficient (Wildman–Crippen LogP) is 1.09. The van der Waals surface area contributed by atoms with Crippen LogP contribution in [-0.4, -0.2) is 54.0 Å². The van der Waals surface area contributed by atoms with Crippen LogP contribution in [0.1, 0.15) is 32.6 Å².